The van der Waals surface area contributed by atoms with Crippen molar-refractivity contribution in [2.24, 2.45) is 5.73 Å². The number of rotatable bonds is 4. The molecule has 0 bridgehead atoms. The quantitative estimate of drug-likeness (QED) is 0.711. The van der Waals surface area contributed by atoms with Crippen LogP contribution < -0.4 is 11.1 Å². The van der Waals surface area contributed by atoms with Gasteiger partial charge in [-0.1, -0.05) is 6.07 Å². The third kappa shape index (κ3) is 2.44. The summed E-state index contributed by atoms with van der Waals surface area (Å²) in [7, 11) is 0. The SMILES string of the molecule is N#Cc1c(F)cccc1NCCCN. The molecule has 0 heterocycles. The maximum Gasteiger partial charge on any atom is 0.143 e. The molecule has 0 saturated heterocycles. The van der Waals surface area contributed by atoms with Gasteiger partial charge in [-0.3, -0.25) is 0 Å². The fraction of sp³-hybridized carbons (Fsp3) is 0.300. The van der Waals surface area contributed by atoms with Crippen molar-refractivity contribution < 1.29 is 4.39 Å². The molecule has 0 aliphatic carbocycles. The van der Waals surface area contributed by atoms with Crippen molar-refractivity contribution in [2.75, 3.05) is 18.4 Å². The molecular weight excluding hydrogens is 181 g/mol. The predicted octanol–water partition coefficient (Wildman–Crippen LogP) is 1.46. The Balaban J connectivity index is 2.76. The summed E-state index contributed by atoms with van der Waals surface area (Å²) >= 11 is 0. The highest BCUT2D eigenvalue weighted by molar-refractivity contribution is 5.57. The summed E-state index contributed by atoms with van der Waals surface area (Å²) in [5, 5.41) is 11.7. The Morgan fingerprint density at radius 3 is 2.93 bits per heavy atom. The van der Waals surface area contributed by atoms with Crippen LogP contribution in [0, 0.1) is 17.1 Å². The molecule has 0 aliphatic rings. The maximum absolute atomic E-state index is 13.1. The van der Waals surface area contributed by atoms with Gasteiger partial charge in [0.05, 0.1) is 5.69 Å². The molecule has 74 valence electrons. The highest BCUT2D eigenvalue weighted by Crippen LogP contribution is 2.17. The fourth-order valence-corrected chi connectivity index (χ4v) is 1.11. The molecule has 0 aromatic heterocycles. The van der Waals surface area contributed by atoms with Crippen LogP contribution in [0.25, 0.3) is 0 Å². The Kier molecular flexibility index (Phi) is 3.89. The molecule has 14 heavy (non-hydrogen) atoms. The zero-order chi connectivity index (χ0) is 10.4. The lowest BCUT2D eigenvalue weighted by Crippen LogP contribution is -2.09. The topological polar surface area (TPSA) is 61.8 Å². The first-order chi connectivity index (χ1) is 6.79. The summed E-state index contributed by atoms with van der Waals surface area (Å²) in [6.07, 6.45) is 0.793. The Hall–Kier alpha value is -1.60. The monoisotopic (exact) mass is 193 g/mol. The molecule has 3 nitrogen and oxygen atoms in total. The number of anilines is 1. The highest BCUT2D eigenvalue weighted by Gasteiger charge is 2.05. The van der Waals surface area contributed by atoms with Crippen molar-refractivity contribution in [3.63, 3.8) is 0 Å². The van der Waals surface area contributed by atoms with Crippen LogP contribution in [0.3, 0.4) is 0 Å². The van der Waals surface area contributed by atoms with E-state index in [4.69, 9.17) is 11.0 Å². The van der Waals surface area contributed by atoms with E-state index in [-0.39, 0.29) is 5.56 Å². The molecule has 0 unspecified atom stereocenters. The summed E-state index contributed by atoms with van der Waals surface area (Å²) in [5.41, 5.74) is 5.90. The maximum atomic E-state index is 13.1. The van der Waals surface area contributed by atoms with Gasteiger partial charge < -0.3 is 11.1 Å². The van der Waals surface area contributed by atoms with Gasteiger partial charge in [0.15, 0.2) is 0 Å². The molecule has 0 amide bonds. The lowest BCUT2D eigenvalue weighted by Gasteiger charge is -2.07. The number of benzene rings is 1. The Labute approximate surface area is 82.3 Å². The van der Waals surface area contributed by atoms with Crippen LogP contribution in [0.15, 0.2) is 18.2 Å². The normalized spacial score (nSPS) is 9.50. The zero-order valence-corrected chi connectivity index (χ0v) is 7.76. The van der Waals surface area contributed by atoms with Crippen LogP contribution in [-0.2, 0) is 0 Å². The van der Waals surface area contributed by atoms with E-state index in [0.29, 0.717) is 18.8 Å². The van der Waals surface area contributed by atoms with Gasteiger partial charge in [-0.2, -0.15) is 5.26 Å². The van der Waals surface area contributed by atoms with E-state index in [1.807, 2.05) is 6.07 Å². The lowest BCUT2D eigenvalue weighted by molar-refractivity contribution is 0.624. The van der Waals surface area contributed by atoms with Gasteiger partial charge in [0.2, 0.25) is 0 Å². The molecule has 0 saturated carbocycles. The molecule has 1 aromatic carbocycles. The predicted molar refractivity (Wildman–Crippen MR) is 53.3 cm³/mol. The molecule has 3 N–H and O–H groups in total. The van der Waals surface area contributed by atoms with Crippen LogP contribution in [0.5, 0.6) is 0 Å². The van der Waals surface area contributed by atoms with Gasteiger partial charge in [-0.05, 0) is 25.1 Å². The second kappa shape index (κ2) is 5.20. The van der Waals surface area contributed by atoms with Gasteiger partial charge in [0.1, 0.15) is 17.4 Å². The second-order valence-corrected chi connectivity index (χ2v) is 2.84. The summed E-state index contributed by atoms with van der Waals surface area (Å²) in [4.78, 5) is 0. The van der Waals surface area contributed by atoms with E-state index in [1.54, 1.807) is 12.1 Å². The minimum absolute atomic E-state index is 0.0597. The first-order valence-electron chi connectivity index (χ1n) is 4.42. The second-order valence-electron chi connectivity index (χ2n) is 2.84. The van der Waals surface area contributed by atoms with Crippen LogP contribution in [0.4, 0.5) is 10.1 Å². The van der Waals surface area contributed by atoms with E-state index < -0.39 is 5.82 Å². The van der Waals surface area contributed by atoms with Crippen molar-refractivity contribution in [1.29, 1.82) is 5.26 Å². The van der Waals surface area contributed by atoms with Crippen LogP contribution >= 0.6 is 0 Å². The summed E-state index contributed by atoms with van der Waals surface area (Å²) < 4.78 is 13.1. The summed E-state index contributed by atoms with van der Waals surface area (Å²) in [6.45, 7) is 1.22. The number of nitrogens with two attached hydrogens (primary N) is 1. The summed E-state index contributed by atoms with van der Waals surface area (Å²) in [6, 6.07) is 6.34. The highest BCUT2D eigenvalue weighted by atomic mass is 19.1. The van der Waals surface area contributed by atoms with Crippen molar-refractivity contribution in [2.45, 2.75) is 6.42 Å². The molecule has 1 aromatic rings. The lowest BCUT2D eigenvalue weighted by atomic mass is 10.2. The fourth-order valence-electron chi connectivity index (χ4n) is 1.11. The van der Waals surface area contributed by atoms with Gasteiger partial charge in [-0.25, -0.2) is 4.39 Å². The first-order valence-corrected chi connectivity index (χ1v) is 4.42. The molecule has 0 atom stereocenters. The van der Waals surface area contributed by atoms with E-state index in [9.17, 15) is 4.39 Å². The molecule has 0 radical (unpaired) electrons. The smallest absolute Gasteiger partial charge is 0.143 e. The summed E-state index contributed by atoms with van der Waals surface area (Å²) in [5.74, 6) is -0.495. The molecule has 0 spiro atoms. The van der Waals surface area contributed by atoms with Gasteiger partial charge in [0, 0.05) is 6.54 Å². The Bertz CT molecular complexity index is 344. The zero-order valence-electron chi connectivity index (χ0n) is 7.76. The Morgan fingerprint density at radius 2 is 2.29 bits per heavy atom. The van der Waals surface area contributed by atoms with Crippen molar-refractivity contribution in [3.8, 4) is 6.07 Å². The number of nitrogens with zero attached hydrogens (tertiary/aromatic N) is 1. The largest absolute Gasteiger partial charge is 0.384 e. The number of nitriles is 1. The minimum atomic E-state index is -0.495. The third-order valence-corrected chi connectivity index (χ3v) is 1.82. The number of hydrogen-bond acceptors (Lipinski definition) is 3. The number of hydrogen-bond donors (Lipinski definition) is 2. The number of nitrogens with one attached hydrogen (secondary N) is 1. The van der Waals surface area contributed by atoms with E-state index >= 15 is 0 Å². The van der Waals surface area contributed by atoms with Gasteiger partial charge in [-0.15, -0.1) is 0 Å². The van der Waals surface area contributed by atoms with Gasteiger partial charge in [0.25, 0.3) is 0 Å². The number of halogens is 1. The van der Waals surface area contributed by atoms with Gasteiger partial charge >= 0.3 is 0 Å². The Morgan fingerprint density at radius 1 is 1.50 bits per heavy atom. The first kappa shape index (κ1) is 10.5. The van der Waals surface area contributed by atoms with E-state index in [0.717, 1.165) is 6.42 Å². The molecular formula is C10H12FN3. The standard InChI is InChI=1S/C10H12FN3/c11-9-3-1-4-10(8(9)7-13)14-6-2-5-12/h1,3-4,14H,2,5-6,12H2. The van der Waals surface area contributed by atoms with E-state index in [2.05, 4.69) is 5.32 Å². The minimum Gasteiger partial charge on any atom is -0.384 e. The van der Waals surface area contributed by atoms with Crippen LogP contribution in [-0.4, -0.2) is 13.1 Å². The average Bonchev–Trinajstić information content (AvgIpc) is 2.18. The van der Waals surface area contributed by atoms with Crippen LogP contribution in [0.2, 0.25) is 0 Å². The van der Waals surface area contributed by atoms with Crippen molar-refractivity contribution in [3.05, 3.63) is 29.6 Å². The van der Waals surface area contributed by atoms with Crippen LogP contribution in [0.1, 0.15) is 12.0 Å². The van der Waals surface area contributed by atoms with E-state index in [1.165, 1.54) is 6.07 Å². The molecule has 0 aliphatic heterocycles. The molecule has 0 fully saturated rings. The third-order valence-electron chi connectivity index (χ3n) is 1.82. The van der Waals surface area contributed by atoms with Crippen molar-refractivity contribution >= 4 is 5.69 Å². The van der Waals surface area contributed by atoms with Crippen molar-refractivity contribution in [1.82, 2.24) is 0 Å². The molecule has 1 rings (SSSR count). The molecule has 4 heteroatoms. The average molecular weight is 193 g/mol.